The van der Waals surface area contributed by atoms with Crippen molar-refractivity contribution in [3.63, 3.8) is 0 Å². The van der Waals surface area contributed by atoms with Crippen molar-refractivity contribution in [1.29, 1.82) is 0 Å². The van der Waals surface area contributed by atoms with Crippen LogP contribution < -0.4 is 0 Å². The lowest BCUT2D eigenvalue weighted by Gasteiger charge is -2.18. The molecule has 0 saturated heterocycles. The smallest absolute Gasteiger partial charge is 0.136 e. The average Bonchev–Trinajstić information content (AvgIpc) is 3.62. The fraction of sp³-hybridized carbons (Fsp3) is 0. The van der Waals surface area contributed by atoms with Crippen LogP contribution in [0.5, 0.6) is 0 Å². The summed E-state index contributed by atoms with van der Waals surface area (Å²) in [6, 6.07) is 30.1. The van der Waals surface area contributed by atoms with Gasteiger partial charge in [0.15, 0.2) is 0 Å². The van der Waals surface area contributed by atoms with Crippen LogP contribution in [0.15, 0.2) is 174 Å². The second-order valence-corrected chi connectivity index (χ2v) is 10.8. The van der Waals surface area contributed by atoms with E-state index in [9.17, 15) is 6.85 Å². The number of furan rings is 1. The summed E-state index contributed by atoms with van der Waals surface area (Å²) in [4.78, 5) is 0. The zero-order chi connectivity index (χ0) is 38.4. The van der Waals surface area contributed by atoms with E-state index >= 15 is 0 Å². The van der Waals surface area contributed by atoms with Gasteiger partial charge in [0, 0.05) is 10.8 Å². The first-order valence-electron chi connectivity index (χ1n) is 19.6. The SMILES string of the molecule is [2H]c1c([2H])c(-c2ccccc2)c([2H])c(-c2c3ccccc3c(-c3c([2H])c([2H])c4c(oc5c([2H])c([2H])c(-c6ccccc6)c([2H])c54)c3[2H])c3ccccc23)c1[2H]. The van der Waals surface area contributed by atoms with Gasteiger partial charge in [-0.25, -0.2) is 0 Å². The van der Waals surface area contributed by atoms with E-state index in [1.807, 2.05) is 48.5 Å². The Bertz CT molecular complexity index is 3030. The Morgan fingerprint density at radius 1 is 0.333 bits per heavy atom. The van der Waals surface area contributed by atoms with Gasteiger partial charge in [0.25, 0.3) is 0 Å². The van der Waals surface area contributed by atoms with Gasteiger partial charge in [0.05, 0.1) is 13.7 Å². The van der Waals surface area contributed by atoms with Crippen molar-refractivity contribution in [3.8, 4) is 44.5 Å². The summed E-state index contributed by atoms with van der Waals surface area (Å²) in [7, 11) is 0. The van der Waals surface area contributed by atoms with E-state index in [1.54, 1.807) is 60.7 Å². The van der Waals surface area contributed by atoms with Crippen LogP contribution in [-0.4, -0.2) is 0 Å². The van der Waals surface area contributed by atoms with Gasteiger partial charge in [-0.05, 0) is 96.3 Å². The highest BCUT2D eigenvalue weighted by Crippen LogP contribution is 2.45. The van der Waals surface area contributed by atoms with Crippen LogP contribution in [-0.2, 0) is 0 Å². The fourth-order valence-corrected chi connectivity index (χ4v) is 6.15. The van der Waals surface area contributed by atoms with Crippen molar-refractivity contribution in [3.05, 3.63) is 170 Å². The molecular weight excluding hydrogens is 544 g/mol. The van der Waals surface area contributed by atoms with Crippen LogP contribution in [0.1, 0.15) is 13.7 Å². The molecule has 0 saturated carbocycles. The topological polar surface area (TPSA) is 13.1 Å². The van der Waals surface area contributed by atoms with E-state index in [0.29, 0.717) is 43.8 Å². The first kappa shape index (κ1) is 17.4. The summed E-state index contributed by atoms with van der Waals surface area (Å²) < 4.78 is 97.7. The van der Waals surface area contributed by atoms with Gasteiger partial charge in [0.2, 0.25) is 0 Å². The third kappa shape index (κ3) is 4.24. The summed E-state index contributed by atoms with van der Waals surface area (Å²) >= 11 is 0. The summed E-state index contributed by atoms with van der Waals surface area (Å²) in [5.41, 5.74) is 2.61. The molecule has 8 aromatic carbocycles. The van der Waals surface area contributed by atoms with Crippen LogP contribution in [0.25, 0.3) is 88.0 Å². The van der Waals surface area contributed by atoms with E-state index in [-0.39, 0.29) is 105 Å². The zero-order valence-corrected chi connectivity index (χ0v) is 23.8. The molecule has 0 radical (unpaired) electrons. The molecule has 9 rings (SSSR count). The minimum atomic E-state index is -0.313. The molecule has 1 heteroatoms. The molecule has 0 unspecified atom stereocenters. The Morgan fingerprint density at radius 2 is 0.822 bits per heavy atom. The van der Waals surface area contributed by atoms with Crippen molar-refractivity contribution < 1.29 is 18.1 Å². The molecule has 45 heavy (non-hydrogen) atoms. The molecule has 0 spiro atoms. The van der Waals surface area contributed by atoms with Crippen molar-refractivity contribution in [2.45, 2.75) is 0 Å². The number of benzene rings is 8. The quantitative estimate of drug-likeness (QED) is 0.188. The van der Waals surface area contributed by atoms with Gasteiger partial charge in [-0.1, -0.05) is 139 Å². The van der Waals surface area contributed by atoms with Crippen LogP contribution >= 0.6 is 0 Å². The van der Waals surface area contributed by atoms with Crippen molar-refractivity contribution in [2.75, 3.05) is 0 Å². The molecule has 1 nitrogen and oxygen atoms in total. The Labute approximate surface area is 275 Å². The first-order valence-corrected chi connectivity index (χ1v) is 14.6. The third-order valence-corrected chi connectivity index (χ3v) is 8.19. The minimum Gasteiger partial charge on any atom is -0.456 e. The lowest BCUT2D eigenvalue weighted by atomic mass is 9.85. The number of hydrogen-bond donors (Lipinski definition) is 0. The highest BCUT2D eigenvalue weighted by molar-refractivity contribution is 6.22. The molecule has 0 aliphatic heterocycles. The molecule has 0 aliphatic carbocycles. The third-order valence-electron chi connectivity index (χ3n) is 8.19. The molecule has 0 amide bonds. The molecule has 1 aromatic heterocycles. The molecule has 0 aliphatic rings. The number of fused-ring (bicyclic) bond motifs is 5. The highest BCUT2D eigenvalue weighted by atomic mass is 16.3. The van der Waals surface area contributed by atoms with Crippen molar-refractivity contribution in [1.82, 2.24) is 0 Å². The lowest BCUT2D eigenvalue weighted by Crippen LogP contribution is -1.91. The van der Waals surface area contributed by atoms with E-state index < -0.39 is 0 Å². The molecule has 9 aromatic rings. The van der Waals surface area contributed by atoms with Crippen LogP contribution in [0.4, 0.5) is 0 Å². The first-order chi connectivity index (χ1) is 26.5. The molecule has 0 bridgehead atoms. The molecule has 210 valence electrons. The predicted octanol–water partition coefficient (Wildman–Crippen LogP) is 12.6. The van der Waals surface area contributed by atoms with Gasteiger partial charge in [-0.2, -0.15) is 0 Å². The summed E-state index contributed by atoms with van der Waals surface area (Å²) in [6.45, 7) is 0. The second kappa shape index (κ2) is 10.4. The van der Waals surface area contributed by atoms with Gasteiger partial charge in [0.1, 0.15) is 11.2 Å². The highest BCUT2D eigenvalue weighted by Gasteiger charge is 2.18. The molecule has 0 N–H and O–H groups in total. The summed E-state index contributed by atoms with van der Waals surface area (Å²) in [5.74, 6) is 0. The van der Waals surface area contributed by atoms with Crippen LogP contribution in [0.3, 0.4) is 0 Å². The Kier molecular flexibility index (Phi) is 4.01. The zero-order valence-electron chi connectivity index (χ0n) is 33.8. The maximum atomic E-state index is 9.60. The van der Waals surface area contributed by atoms with Crippen LogP contribution in [0.2, 0.25) is 0 Å². The maximum Gasteiger partial charge on any atom is 0.136 e. The van der Waals surface area contributed by atoms with Crippen molar-refractivity contribution in [2.24, 2.45) is 0 Å². The Morgan fingerprint density at radius 3 is 1.42 bits per heavy atom. The number of hydrogen-bond acceptors (Lipinski definition) is 1. The predicted molar refractivity (Wildman–Crippen MR) is 190 cm³/mol. The van der Waals surface area contributed by atoms with E-state index in [0.717, 1.165) is 0 Å². The van der Waals surface area contributed by atoms with Gasteiger partial charge >= 0.3 is 0 Å². The van der Waals surface area contributed by atoms with E-state index in [1.165, 1.54) is 0 Å². The van der Waals surface area contributed by atoms with Gasteiger partial charge < -0.3 is 4.42 Å². The van der Waals surface area contributed by atoms with Gasteiger partial charge in [-0.15, -0.1) is 0 Å². The van der Waals surface area contributed by atoms with Crippen molar-refractivity contribution >= 4 is 43.5 Å². The average molecular weight is 583 g/mol. The molecule has 0 atom stereocenters. The Balaban J connectivity index is 1.40. The fourth-order valence-electron chi connectivity index (χ4n) is 6.15. The minimum absolute atomic E-state index is 0.0549. The van der Waals surface area contributed by atoms with Crippen LogP contribution in [0, 0.1) is 0 Å². The monoisotopic (exact) mass is 582 g/mol. The normalized spacial score (nSPS) is 14.7. The maximum absolute atomic E-state index is 9.60. The molecular formula is C44H28O. The largest absolute Gasteiger partial charge is 0.456 e. The molecule has 0 fully saturated rings. The lowest BCUT2D eigenvalue weighted by molar-refractivity contribution is 0.669. The number of rotatable bonds is 4. The summed E-state index contributed by atoms with van der Waals surface area (Å²) in [5, 5.41) is 2.45. The van der Waals surface area contributed by atoms with Gasteiger partial charge in [-0.3, -0.25) is 0 Å². The van der Waals surface area contributed by atoms with E-state index in [4.69, 9.17) is 11.3 Å². The Hall–Kier alpha value is -5.92. The summed E-state index contributed by atoms with van der Waals surface area (Å²) in [6.07, 6.45) is 0. The standard InChI is InChI=1S/C44H28O/c1-3-12-29(13-4-1)31-16-11-17-33(26-31)43-36-18-7-9-20-38(36)44(39-21-10-8-19-37(39)43)34-22-24-35-40-27-32(30-14-5-2-6-15-30)23-25-41(40)45-42(35)28-34/h1-28H/i11D,16D,17D,22D,23D,24D,25D,26D,27D,28D. The molecule has 1 heterocycles. The second-order valence-electron chi connectivity index (χ2n) is 10.8. The van der Waals surface area contributed by atoms with E-state index in [2.05, 4.69) is 0 Å².